The van der Waals surface area contributed by atoms with Crippen LogP contribution in [0.2, 0.25) is 0 Å². The maximum Gasteiger partial charge on any atom is 0.126 e. The van der Waals surface area contributed by atoms with Crippen LogP contribution >= 0.6 is 0 Å². The van der Waals surface area contributed by atoms with Crippen LogP contribution in [0.1, 0.15) is 27.2 Å². The van der Waals surface area contributed by atoms with Gasteiger partial charge in [-0.3, -0.25) is 0 Å². The molecular formula is C11H18O3. The predicted molar refractivity (Wildman–Crippen MR) is 52.8 cm³/mol. The molecule has 80 valence electrons. The van der Waals surface area contributed by atoms with Crippen LogP contribution in [-0.4, -0.2) is 30.5 Å². The Morgan fingerprint density at radius 3 is 2.86 bits per heavy atom. The molecular weight excluding hydrogens is 180 g/mol. The monoisotopic (exact) mass is 198 g/mol. The van der Waals surface area contributed by atoms with Gasteiger partial charge in [0.15, 0.2) is 0 Å². The lowest BCUT2D eigenvalue weighted by atomic mass is 9.81. The topological polar surface area (TPSA) is 38.7 Å². The number of hydrogen-bond acceptors (Lipinski definition) is 3. The first-order valence-electron chi connectivity index (χ1n) is 5.14. The summed E-state index contributed by atoms with van der Waals surface area (Å²) in [7, 11) is 0. The van der Waals surface area contributed by atoms with Crippen LogP contribution in [-0.2, 0) is 9.47 Å². The molecule has 0 amide bonds. The Morgan fingerprint density at radius 2 is 2.21 bits per heavy atom. The lowest BCUT2D eigenvalue weighted by Gasteiger charge is -2.34. The van der Waals surface area contributed by atoms with Crippen molar-refractivity contribution in [3.8, 4) is 0 Å². The van der Waals surface area contributed by atoms with Crippen molar-refractivity contribution >= 4 is 0 Å². The molecule has 0 aromatic carbocycles. The Kier molecular flexibility index (Phi) is 2.32. The predicted octanol–water partition coefficient (Wildman–Crippen LogP) is 1.47. The highest BCUT2D eigenvalue weighted by atomic mass is 16.6. The molecule has 14 heavy (non-hydrogen) atoms. The molecule has 0 spiro atoms. The average molecular weight is 198 g/mol. The van der Waals surface area contributed by atoms with E-state index in [0.29, 0.717) is 0 Å². The van der Waals surface area contributed by atoms with Gasteiger partial charge in [-0.25, -0.2) is 0 Å². The molecule has 0 aromatic rings. The highest BCUT2D eigenvalue weighted by Crippen LogP contribution is 2.41. The lowest BCUT2D eigenvalue weighted by Crippen LogP contribution is -2.36. The summed E-state index contributed by atoms with van der Waals surface area (Å²) in [4.78, 5) is 0. The molecule has 2 heterocycles. The van der Waals surface area contributed by atoms with E-state index in [1.807, 2.05) is 6.92 Å². The first kappa shape index (κ1) is 9.99. The summed E-state index contributed by atoms with van der Waals surface area (Å²) in [6, 6.07) is 0. The second-order valence-electron chi connectivity index (χ2n) is 5.00. The minimum absolute atomic E-state index is 0.00435. The molecule has 0 saturated carbocycles. The van der Waals surface area contributed by atoms with Gasteiger partial charge in [0, 0.05) is 5.57 Å². The zero-order valence-corrected chi connectivity index (χ0v) is 9.04. The fourth-order valence-electron chi connectivity index (χ4n) is 2.26. The molecule has 1 fully saturated rings. The summed E-state index contributed by atoms with van der Waals surface area (Å²) in [5.74, 6) is 0.732. The summed E-state index contributed by atoms with van der Waals surface area (Å²) in [5.41, 5.74) is 1.33. The second kappa shape index (κ2) is 3.24. The zero-order chi connectivity index (χ0) is 10.3. The quantitative estimate of drug-likeness (QED) is 0.693. The highest BCUT2D eigenvalue weighted by Gasteiger charge is 2.41. The molecule has 3 heteroatoms. The Bertz CT molecular complexity index is 268. The summed E-state index contributed by atoms with van der Waals surface area (Å²) in [5, 5.41) is 9.15. The molecule has 1 N–H and O–H groups in total. The van der Waals surface area contributed by atoms with Crippen molar-refractivity contribution in [1.29, 1.82) is 0 Å². The van der Waals surface area contributed by atoms with Crippen molar-refractivity contribution in [1.82, 2.24) is 0 Å². The Morgan fingerprint density at radius 1 is 1.50 bits per heavy atom. The average Bonchev–Trinajstić information content (AvgIpc) is 2.40. The number of hydrogen-bond donors (Lipinski definition) is 1. The van der Waals surface area contributed by atoms with E-state index in [-0.39, 0.29) is 24.2 Å². The second-order valence-corrected chi connectivity index (χ2v) is 5.00. The third kappa shape index (κ3) is 1.55. The summed E-state index contributed by atoms with van der Waals surface area (Å²) < 4.78 is 11.3. The van der Waals surface area contributed by atoms with Crippen molar-refractivity contribution in [3.63, 3.8) is 0 Å². The summed E-state index contributed by atoms with van der Waals surface area (Å²) >= 11 is 0. The van der Waals surface area contributed by atoms with Gasteiger partial charge in [-0.1, -0.05) is 13.8 Å². The molecule has 3 nitrogen and oxygen atoms in total. The highest BCUT2D eigenvalue weighted by molar-refractivity contribution is 5.24. The van der Waals surface area contributed by atoms with E-state index in [9.17, 15) is 0 Å². The molecule has 0 aliphatic carbocycles. The van der Waals surface area contributed by atoms with E-state index in [1.54, 1.807) is 0 Å². The summed E-state index contributed by atoms with van der Waals surface area (Å²) in [6.45, 7) is 7.11. The number of ether oxygens (including phenoxy) is 2. The maximum absolute atomic E-state index is 9.15. The van der Waals surface area contributed by atoms with Gasteiger partial charge in [0.1, 0.15) is 24.6 Å². The van der Waals surface area contributed by atoms with Crippen molar-refractivity contribution in [2.45, 2.75) is 39.4 Å². The molecule has 2 rings (SSSR count). The van der Waals surface area contributed by atoms with Crippen LogP contribution in [0.4, 0.5) is 0 Å². The van der Waals surface area contributed by atoms with E-state index in [1.165, 1.54) is 0 Å². The Hall–Kier alpha value is -0.540. The van der Waals surface area contributed by atoms with Gasteiger partial charge in [0.25, 0.3) is 0 Å². The van der Waals surface area contributed by atoms with Crippen LogP contribution in [0.15, 0.2) is 11.3 Å². The number of aliphatic hydroxyl groups excluding tert-OH is 1. The molecule has 0 radical (unpaired) electrons. The third-order valence-corrected chi connectivity index (χ3v) is 2.92. The van der Waals surface area contributed by atoms with Gasteiger partial charge in [0.05, 0.1) is 6.61 Å². The van der Waals surface area contributed by atoms with Crippen LogP contribution in [0.25, 0.3) is 0 Å². The van der Waals surface area contributed by atoms with E-state index in [2.05, 4.69) is 13.8 Å². The van der Waals surface area contributed by atoms with Crippen LogP contribution in [0.5, 0.6) is 0 Å². The third-order valence-electron chi connectivity index (χ3n) is 2.92. The minimum Gasteiger partial charge on any atom is -0.489 e. The van der Waals surface area contributed by atoms with Crippen molar-refractivity contribution in [2.75, 3.05) is 13.2 Å². The van der Waals surface area contributed by atoms with Crippen LogP contribution in [0.3, 0.4) is 0 Å². The molecule has 2 aliphatic heterocycles. The van der Waals surface area contributed by atoms with Crippen LogP contribution < -0.4 is 0 Å². The number of rotatable bonds is 1. The van der Waals surface area contributed by atoms with E-state index >= 15 is 0 Å². The fourth-order valence-corrected chi connectivity index (χ4v) is 2.26. The first-order chi connectivity index (χ1) is 6.53. The van der Waals surface area contributed by atoms with Gasteiger partial charge >= 0.3 is 0 Å². The van der Waals surface area contributed by atoms with E-state index in [4.69, 9.17) is 14.6 Å². The normalized spacial score (nSPS) is 35.4. The Labute approximate surface area is 84.7 Å². The zero-order valence-electron chi connectivity index (χ0n) is 9.04. The lowest BCUT2D eigenvalue weighted by molar-refractivity contribution is -0.0493. The van der Waals surface area contributed by atoms with Crippen molar-refractivity contribution in [2.24, 2.45) is 5.41 Å². The fraction of sp³-hybridized carbons (Fsp3) is 0.818. The molecule has 0 aromatic heterocycles. The van der Waals surface area contributed by atoms with E-state index < -0.39 is 0 Å². The maximum atomic E-state index is 9.15. The molecule has 1 unspecified atom stereocenters. The SMILES string of the molecule is C[C@@H]1OC(CO)=C2CC(C)(C)COC21. The van der Waals surface area contributed by atoms with Crippen molar-refractivity contribution < 1.29 is 14.6 Å². The van der Waals surface area contributed by atoms with E-state index in [0.717, 1.165) is 24.4 Å². The largest absolute Gasteiger partial charge is 0.489 e. The molecule has 1 saturated heterocycles. The molecule has 2 aliphatic rings. The van der Waals surface area contributed by atoms with Gasteiger partial charge in [-0.05, 0) is 18.8 Å². The smallest absolute Gasteiger partial charge is 0.126 e. The first-order valence-corrected chi connectivity index (χ1v) is 5.14. The van der Waals surface area contributed by atoms with Gasteiger partial charge < -0.3 is 14.6 Å². The molecule has 0 bridgehead atoms. The number of fused-ring (bicyclic) bond motifs is 1. The van der Waals surface area contributed by atoms with Crippen molar-refractivity contribution in [3.05, 3.63) is 11.3 Å². The number of aliphatic hydroxyl groups is 1. The summed E-state index contributed by atoms with van der Waals surface area (Å²) in [6.07, 6.45) is 1.10. The minimum atomic E-state index is -0.00435. The van der Waals surface area contributed by atoms with Gasteiger partial charge in [-0.15, -0.1) is 0 Å². The Balaban J connectivity index is 2.24. The van der Waals surface area contributed by atoms with Gasteiger partial charge in [0.2, 0.25) is 0 Å². The van der Waals surface area contributed by atoms with Gasteiger partial charge in [-0.2, -0.15) is 0 Å². The van der Waals surface area contributed by atoms with Crippen LogP contribution in [0, 0.1) is 5.41 Å². The standard InChI is InChI=1S/C11H18O3/c1-7-10-8(9(5-12)14-7)4-11(2,3)6-13-10/h7,10,12H,4-6H2,1-3H3/t7-,10?/m0/s1. The molecule has 2 atom stereocenters.